The molecule has 1 heterocycles. The van der Waals surface area contributed by atoms with Crippen molar-refractivity contribution in [3.05, 3.63) is 53.6 Å². The normalized spacial score (nSPS) is 17.0. The molecule has 0 bridgehead atoms. The Kier molecular flexibility index (Phi) is 6.42. The van der Waals surface area contributed by atoms with Gasteiger partial charge >= 0.3 is 0 Å². The molecule has 0 saturated heterocycles. The minimum atomic E-state index is -0.529. The quantitative estimate of drug-likeness (QED) is 0.807. The highest BCUT2D eigenvalue weighted by Gasteiger charge is 2.30. The highest BCUT2D eigenvalue weighted by atomic mass is 16.5. The van der Waals surface area contributed by atoms with E-state index in [2.05, 4.69) is 12.2 Å². The van der Waals surface area contributed by atoms with E-state index >= 15 is 0 Å². The van der Waals surface area contributed by atoms with E-state index in [-0.39, 0.29) is 24.3 Å². The number of rotatable bonds is 6. The lowest BCUT2D eigenvalue weighted by molar-refractivity contribution is -0.139. The van der Waals surface area contributed by atoms with Crippen molar-refractivity contribution < 1.29 is 19.1 Å². The molecule has 0 unspecified atom stereocenters. The van der Waals surface area contributed by atoms with Crippen molar-refractivity contribution in [2.45, 2.75) is 52.3 Å². The summed E-state index contributed by atoms with van der Waals surface area (Å²) in [6.45, 7) is 6.34. The van der Waals surface area contributed by atoms with E-state index in [9.17, 15) is 9.59 Å². The number of carbonyl (C=O) groups excluding carboxylic acids is 2. The van der Waals surface area contributed by atoms with Crippen LogP contribution in [0.2, 0.25) is 0 Å². The first-order valence-corrected chi connectivity index (χ1v) is 9.94. The molecule has 2 aromatic rings. The standard InChI is InChI=1S/C23H28N2O4/c1-5-15(2)25-14-18-13-19(9-10-21(18)29-16(3)23(25)27)24-22(26)12-17-7-6-8-20(11-17)28-4/h6-11,13,15-16H,5,12,14H2,1-4H3,(H,24,26)/t15-,16-/m0/s1. The maximum atomic E-state index is 12.7. The second-order valence-electron chi connectivity index (χ2n) is 7.38. The minimum absolute atomic E-state index is 0.0147. The summed E-state index contributed by atoms with van der Waals surface area (Å²) >= 11 is 0. The van der Waals surface area contributed by atoms with Crippen molar-refractivity contribution in [3.8, 4) is 11.5 Å². The lowest BCUT2D eigenvalue weighted by Crippen LogP contribution is -2.42. The summed E-state index contributed by atoms with van der Waals surface area (Å²) < 4.78 is 11.1. The van der Waals surface area contributed by atoms with Gasteiger partial charge in [-0.15, -0.1) is 0 Å². The summed E-state index contributed by atoms with van der Waals surface area (Å²) in [5.74, 6) is 1.28. The second-order valence-corrected chi connectivity index (χ2v) is 7.38. The van der Waals surface area contributed by atoms with Crippen molar-refractivity contribution in [1.82, 2.24) is 4.90 Å². The Balaban J connectivity index is 1.75. The maximum Gasteiger partial charge on any atom is 0.263 e. The number of hydrogen-bond acceptors (Lipinski definition) is 4. The van der Waals surface area contributed by atoms with E-state index in [1.165, 1.54) is 0 Å². The molecule has 3 rings (SSSR count). The first kappa shape index (κ1) is 20.7. The number of methoxy groups -OCH3 is 1. The number of ether oxygens (including phenoxy) is 2. The molecule has 154 valence electrons. The molecule has 1 N–H and O–H groups in total. The molecule has 29 heavy (non-hydrogen) atoms. The molecule has 0 aromatic heterocycles. The molecule has 6 heteroatoms. The summed E-state index contributed by atoms with van der Waals surface area (Å²) in [5, 5.41) is 2.94. The Morgan fingerprint density at radius 2 is 2.10 bits per heavy atom. The van der Waals surface area contributed by atoms with Gasteiger partial charge in [0.1, 0.15) is 11.5 Å². The highest BCUT2D eigenvalue weighted by molar-refractivity contribution is 5.92. The average Bonchev–Trinajstić information content (AvgIpc) is 2.84. The van der Waals surface area contributed by atoms with Crippen LogP contribution >= 0.6 is 0 Å². The fraction of sp³-hybridized carbons (Fsp3) is 0.391. The molecular formula is C23H28N2O4. The second kappa shape index (κ2) is 8.99. The molecule has 1 aliphatic rings. The van der Waals surface area contributed by atoms with Crippen molar-refractivity contribution in [2.75, 3.05) is 12.4 Å². The molecule has 0 aliphatic carbocycles. The smallest absolute Gasteiger partial charge is 0.263 e. The van der Waals surface area contributed by atoms with E-state index in [4.69, 9.17) is 9.47 Å². The van der Waals surface area contributed by atoms with Crippen LogP contribution in [0.25, 0.3) is 0 Å². The van der Waals surface area contributed by atoms with Gasteiger partial charge in [0.05, 0.1) is 13.5 Å². The van der Waals surface area contributed by atoms with Gasteiger partial charge in [0, 0.05) is 23.8 Å². The molecular weight excluding hydrogens is 368 g/mol. The molecule has 2 amide bonds. The predicted octanol–water partition coefficient (Wildman–Crippen LogP) is 3.78. The number of amides is 2. The number of nitrogens with one attached hydrogen (secondary N) is 1. The number of fused-ring (bicyclic) bond motifs is 1. The van der Waals surface area contributed by atoms with Crippen LogP contribution in [-0.2, 0) is 22.6 Å². The zero-order valence-electron chi connectivity index (χ0n) is 17.4. The number of carbonyl (C=O) groups is 2. The zero-order valence-corrected chi connectivity index (χ0v) is 17.4. The van der Waals surface area contributed by atoms with Gasteiger partial charge in [-0.3, -0.25) is 9.59 Å². The number of benzene rings is 2. The third-order valence-electron chi connectivity index (χ3n) is 5.24. The summed E-state index contributed by atoms with van der Waals surface area (Å²) in [6.07, 6.45) is 0.586. The molecule has 0 fully saturated rings. The van der Waals surface area contributed by atoms with Gasteiger partial charge in [0.15, 0.2) is 6.10 Å². The molecule has 6 nitrogen and oxygen atoms in total. The first-order chi connectivity index (χ1) is 13.9. The minimum Gasteiger partial charge on any atom is -0.497 e. The van der Waals surface area contributed by atoms with Crippen molar-refractivity contribution in [1.29, 1.82) is 0 Å². The Morgan fingerprint density at radius 1 is 1.31 bits per heavy atom. The molecule has 1 aliphatic heterocycles. The van der Waals surface area contributed by atoms with Crippen LogP contribution in [0.4, 0.5) is 5.69 Å². The van der Waals surface area contributed by atoms with Gasteiger partial charge in [0.25, 0.3) is 5.91 Å². The Morgan fingerprint density at radius 3 is 2.83 bits per heavy atom. The third kappa shape index (κ3) is 4.88. The van der Waals surface area contributed by atoms with Gasteiger partial charge < -0.3 is 19.7 Å². The van der Waals surface area contributed by atoms with Gasteiger partial charge in [-0.25, -0.2) is 0 Å². The van der Waals surface area contributed by atoms with Crippen LogP contribution in [0.15, 0.2) is 42.5 Å². The van der Waals surface area contributed by atoms with E-state index in [0.29, 0.717) is 18.0 Å². The van der Waals surface area contributed by atoms with Crippen LogP contribution < -0.4 is 14.8 Å². The van der Waals surface area contributed by atoms with Gasteiger partial charge in [-0.05, 0) is 56.2 Å². The Bertz CT molecular complexity index is 896. The SMILES string of the molecule is CC[C@H](C)N1Cc2cc(NC(=O)Cc3cccc(OC)c3)ccc2O[C@@H](C)C1=O. The van der Waals surface area contributed by atoms with E-state index < -0.39 is 6.10 Å². The van der Waals surface area contributed by atoms with Gasteiger partial charge in [0.2, 0.25) is 5.91 Å². The van der Waals surface area contributed by atoms with Crippen LogP contribution in [0, 0.1) is 0 Å². The number of hydrogen-bond donors (Lipinski definition) is 1. The van der Waals surface area contributed by atoms with Gasteiger partial charge in [-0.1, -0.05) is 19.1 Å². The van der Waals surface area contributed by atoms with Crippen LogP contribution in [0.3, 0.4) is 0 Å². The molecule has 0 saturated carbocycles. The molecule has 2 aromatic carbocycles. The van der Waals surface area contributed by atoms with Crippen LogP contribution in [-0.4, -0.2) is 36.0 Å². The summed E-state index contributed by atoms with van der Waals surface area (Å²) in [6, 6.07) is 13.1. The lowest BCUT2D eigenvalue weighted by atomic mass is 10.1. The third-order valence-corrected chi connectivity index (χ3v) is 5.24. The summed E-state index contributed by atoms with van der Waals surface area (Å²) in [5.41, 5.74) is 2.45. The Hall–Kier alpha value is -3.02. The highest BCUT2D eigenvalue weighted by Crippen LogP contribution is 2.30. The van der Waals surface area contributed by atoms with Crippen LogP contribution in [0.1, 0.15) is 38.3 Å². The molecule has 0 radical (unpaired) electrons. The van der Waals surface area contributed by atoms with E-state index in [1.807, 2.05) is 48.2 Å². The topological polar surface area (TPSA) is 67.9 Å². The molecule has 0 spiro atoms. The Labute approximate surface area is 171 Å². The monoisotopic (exact) mass is 396 g/mol. The van der Waals surface area contributed by atoms with Crippen LogP contribution in [0.5, 0.6) is 11.5 Å². The van der Waals surface area contributed by atoms with E-state index in [0.717, 1.165) is 23.3 Å². The van der Waals surface area contributed by atoms with Gasteiger partial charge in [-0.2, -0.15) is 0 Å². The fourth-order valence-corrected chi connectivity index (χ4v) is 3.40. The predicted molar refractivity (Wildman–Crippen MR) is 112 cm³/mol. The van der Waals surface area contributed by atoms with E-state index in [1.54, 1.807) is 20.1 Å². The molecule has 2 atom stereocenters. The zero-order chi connectivity index (χ0) is 21.0. The fourth-order valence-electron chi connectivity index (χ4n) is 3.40. The first-order valence-electron chi connectivity index (χ1n) is 9.94. The summed E-state index contributed by atoms with van der Waals surface area (Å²) in [7, 11) is 1.60. The van der Waals surface area contributed by atoms with Crippen molar-refractivity contribution in [2.24, 2.45) is 0 Å². The lowest BCUT2D eigenvalue weighted by Gasteiger charge is -2.28. The number of anilines is 1. The van der Waals surface area contributed by atoms with Crippen molar-refractivity contribution >= 4 is 17.5 Å². The maximum absolute atomic E-state index is 12.7. The average molecular weight is 396 g/mol. The largest absolute Gasteiger partial charge is 0.497 e. The number of nitrogens with zero attached hydrogens (tertiary/aromatic N) is 1. The van der Waals surface area contributed by atoms with Crippen molar-refractivity contribution in [3.63, 3.8) is 0 Å². The summed E-state index contributed by atoms with van der Waals surface area (Å²) in [4.78, 5) is 27.0.